The minimum Gasteiger partial charge on any atom is -0.377 e. The lowest BCUT2D eigenvalue weighted by molar-refractivity contribution is 0.0201. The van der Waals surface area contributed by atoms with Gasteiger partial charge in [-0.1, -0.05) is 20.8 Å². The zero-order chi connectivity index (χ0) is 8.91. The summed E-state index contributed by atoms with van der Waals surface area (Å²) in [6.07, 6.45) is 0.319. The Morgan fingerprint density at radius 1 is 1.36 bits per heavy atom. The van der Waals surface area contributed by atoms with Crippen LogP contribution in [0.2, 0.25) is 0 Å². The van der Waals surface area contributed by atoms with Crippen molar-refractivity contribution in [3.63, 3.8) is 0 Å². The molecule has 1 atom stereocenters. The molecule has 0 heterocycles. The SMILES string of the molecule is CNCC(C)OCC(C)(C)C. The highest BCUT2D eigenvalue weighted by Gasteiger charge is 2.11. The van der Waals surface area contributed by atoms with E-state index in [0.717, 1.165) is 13.2 Å². The average Bonchev–Trinajstić information content (AvgIpc) is 1.83. The van der Waals surface area contributed by atoms with Crippen LogP contribution in [0.1, 0.15) is 27.7 Å². The average molecular weight is 159 g/mol. The molecule has 0 fully saturated rings. The molecular weight excluding hydrogens is 138 g/mol. The summed E-state index contributed by atoms with van der Waals surface area (Å²) in [4.78, 5) is 0. The lowest BCUT2D eigenvalue weighted by Gasteiger charge is -2.21. The van der Waals surface area contributed by atoms with E-state index in [1.165, 1.54) is 0 Å². The lowest BCUT2D eigenvalue weighted by atomic mass is 9.99. The maximum Gasteiger partial charge on any atom is 0.0671 e. The Morgan fingerprint density at radius 2 is 1.91 bits per heavy atom. The lowest BCUT2D eigenvalue weighted by Crippen LogP contribution is -2.27. The van der Waals surface area contributed by atoms with Crippen LogP contribution in [0, 0.1) is 5.41 Å². The fraction of sp³-hybridized carbons (Fsp3) is 1.00. The maximum atomic E-state index is 5.58. The quantitative estimate of drug-likeness (QED) is 0.673. The molecule has 0 aliphatic heterocycles. The molecule has 11 heavy (non-hydrogen) atoms. The molecule has 0 bridgehead atoms. The van der Waals surface area contributed by atoms with Gasteiger partial charge in [0.2, 0.25) is 0 Å². The van der Waals surface area contributed by atoms with E-state index >= 15 is 0 Å². The van der Waals surface area contributed by atoms with Crippen LogP contribution in [-0.2, 0) is 4.74 Å². The van der Waals surface area contributed by atoms with Crippen molar-refractivity contribution < 1.29 is 4.74 Å². The molecule has 0 aliphatic carbocycles. The smallest absolute Gasteiger partial charge is 0.0671 e. The Kier molecular flexibility index (Phi) is 4.69. The molecule has 0 aromatic heterocycles. The number of hydrogen-bond acceptors (Lipinski definition) is 2. The fourth-order valence-electron chi connectivity index (χ4n) is 0.739. The van der Waals surface area contributed by atoms with Gasteiger partial charge in [0.05, 0.1) is 12.7 Å². The zero-order valence-electron chi connectivity index (χ0n) is 8.40. The second-order valence-electron chi connectivity index (χ2n) is 4.24. The molecule has 0 aromatic carbocycles. The van der Waals surface area contributed by atoms with Crippen LogP contribution in [0.15, 0.2) is 0 Å². The van der Waals surface area contributed by atoms with Gasteiger partial charge in [-0.15, -0.1) is 0 Å². The van der Waals surface area contributed by atoms with Crippen molar-refractivity contribution in [3.05, 3.63) is 0 Å². The molecule has 0 saturated carbocycles. The van der Waals surface area contributed by atoms with E-state index in [2.05, 4.69) is 33.0 Å². The van der Waals surface area contributed by atoms with E-state index in [4.69, 9.17) is 4.74 Å². The second kappa shape index (κ2) is 4.73. The molecule has 2 heteroatoms. The van der Waals surface area contributed by atoms with Gasteiger partial charge in [-0.05, 0) is 19.4 Å². The monoisotopic (exact) mass is 159 g/mol. The van der Waals surface area contributed by atoms with Crippen molar-refractivity contribution in [2.75, 3.05) is 20.2 Å². The van der Waals surface area contributed by atoms with Crippen LogP contribution in [0.3, 0.4) is 0 Å². The molecule has 0 aromatic rings. The number of nitrogens with one attached hydrogen (secondary N) is 1. The van der Waals surface area contributed by atoms with E-state index in [0.29, 0.717) is 6.10 Å². The van der Waals surface area contributed by atoms with Crippen molar-refractivity contribution in [2.45, 2.75) is 33.8 Å². The Bertz CT molecular complexity index is 96.2. The number of ether oxygens (including phenoxy) is 1. The molecule has 0 spiro atoms. The van der Waals surface area contributed by atoms with E-state index in [1.807, 2.05) is 7.05 Å². The van der Waals surface area contributed by atoms with Crippen molar-refractivity contribution >= 4 is 0 Å². The Labute approximate surface area is 70.3 Å². The molecular formula is C9H21NO. The maximum absolute atomic E-state index is 5.58. The van der Waals surface area contributed by atoms with Crippen molar-refractivity contribution in [2.24, 2.45) is 5.41 Å². The van der Waals surface area contributed by atoms with Gasteiger partial charge >= 0.3 is 0 Å². The molecule has 0 aliphatic rings. The summed E-state index contributed by atoms with van der Waals surface area (Å²) >= 11 is 0. The van der Waals surface area contributed by atoms with E-state index in [1.54, 1.807) is 0 Å². The number of hydrogen-bond donors (Lipinski definition) is 1. The highest BCUT2D eigenvalue weighted by Crippen LogP contribution is 2.13. The minimum atomic E-state index is 0.280. The van der Waals surface area contributed by atoms with Crippen LogP contribution < -0.4 is 5.32 Å². The molecule has 1 unspecified atom stereocenters. The highest BCUT2D eigenvalue weighted by molar-refractivity contribution is 4.61. The van der Waals surface area contributed by atoms with Gasteiger partial charge < -0.3 is 10.1 Å². The van der Waals surface area contributed by atoms with Crippen molar-refractivity contribution in [1.29, 1.82) is 0 Å². The summed E-state index contributed by atoms with van der Waals surface area (Å²) in [5, 5.41) is 3.08. The normalized spacial score (nSPS) is 15.0. The van der Waals surface area contributed by atoms with Gasteiger partial charge in [0, 0.05) is 6.54 Å². The second-order valence-corrected chi connectivity index (χ2v) is 4.24. The van der Waals surface area contributed by atoms with Gasteiger partial charge in [-0.2, -0.15) is 0 Å². The van der Waals surface area contributed by atoms with Crippen molar-refractivity contribution in [1.82, 2.24) is 5.32 Å². The van der Waals surface area contributed by atoms with Gasteiger partial charge in [0.25, 0.3) is 0 Å². The third-order valence-electron chi connectivity index (χ3n) is 1.29. The number of likely N-dealkylation sites (N-methyl/N-ethyl adjacent to an activating group) is 1. The topological polar surface area (TPSA) is 21.3 Å². The molecule has 0 saturated heterocycles. The highest BCUT2D eigenvalue weighted by atomic mass is 16.5. The van der Waals surface area contributed by atoms with Gasteiger partial charge in [-0.25, -0.2) is 0 Å². The van der Waals surface area contributed by atoms with Crippen LogP contribution >= 0.6 is 0 Å². The summed E-state index contributed by atoms with van der Waals surface area (Å²) in [5.74, 6) is 0. The predicted molar refractivity (Wildman–Crippen MR) is 48.8 cm³/mol. The van der Waals surface area contributed by atoms with Gasteiger partial charge in [0.1, 0.15) is 0 Å². The summed E-state index contributed by atoms with van der Waals surface area (Å²) < 4.78 is 5.58. The first-order valence-electron chi connectivity index (χ1n) is 4.22. The standard InChI is InChI=1S/C9H21NO/c1-8(6-10-5)11-7-9(2,3)4/h8,10H,6-7H2,1-5H3. The Balaban J connectivity index is 3.38. The molecule has 68 valence electrons. The third-order valence-corrected chi connectivity index (χ3v) is 1.29. The van der Waals surface area contributed by atoms with Gasteiger partial charge in [0.15, 0.2) is 0 Å². The van der Waals surface area contributed by atoms with E-state index in [-0.39, 0.29) is 5.41 Å². The third kappa shape index (κ3) is 7.82. The van der Waals surface area contributed by atoms with E-state index in [9.17, 15) is 0 Å². The zero-order valence-corrected chi connectivity index (χ0v) is 8.40. The molecule has 0 radical (unpaired) electrons. The van der Waals surface area contributed by atoms with Crippen LogP contribution in [0.5, 0.6) is 0 Å². The predicted octanol–water partition coefficient (Wildman–Crippen LogP) is 1.66. The van der Waals surface area contributed by atoms with Crippen LogP contribution in [0.25, 0.3) is 0 Å². The van der Waals surface area contributed by atoms with Crippen LogP contribution in [0.4, 0.5) is 0 Å². The molecule has 0 amide bonds. The van der Waals surface area contributed by atoms with Crippen LogP contribution in [-0.4, -0.2) is 26.3 Å². The first kappa shape index (κ1) is 10.9. The fourth-order valence-corrected chi connectivity index (χ4v) is 0.739. The summed E-state index contributed by atoms with van der Waals surface area (Å²) in [5.41, 5.74) is 0.280. The minimum absolute atomic E-state index is 0.280. The Morgan fingerprint density at radius 3 is 2.27 bits per heavy atom. The molecule has 1 N–H and O–H groups in total. The molecule has 0 rings (SSSR count). The summed E-state index contributed by atoms with van der Waals surface area (Å²) in [6.45, 7) is 10.4. The van der Waals surface area contributed by atoms with Crippen molar-refractivity contribution in [3.8, 4) is 0 Å². The van der Waals surface area contributed by atoms with Gasteiger partial charge in [-0.3, -0.25) is 0 Å². The van der Waals surface area contributed by atoms with E-state index < -0.39 is 0 Å². The first-order valence-corrected chi connectivity index (χ1v) is 4.22. The largest absolute Gasteiger partial charge is 0.377 e. The number of rotatable bonds is 4. The Hall–Kier alpha value is -0.0800. The molecule has 2 nitrogen and oxygen atoms in total. The summed E-state index contributed by atoms with van der Waals surface area (Å²) in [6, 6.07) is 0. The summed E-state index contributed by atoms with van der Waals surface area (Å²) in [7, 11) is 1.94. The first-order chi connectivity index (χ1) is 4.95.